The second-order valence-electron chi connectivity index (χ2n) is 5.74. The van der Waals surface area contributed by atoms with Crippen LogP contribution in [0, 0.1) is 0 Å². The molecule has 0 unspecified atom stereocenters. The van der Waals surface area contributed by atoms with Gasteiger partial charge in [-0.05, 0) is 35.7 Å². The molecule has 2 aliphatic rings. The Balaban J connectivity index is 1.36. The third-order valence-electron chi connectivity index (χ3n) is 4.15. The smallest absolute Gasteiger partial charge is 0.315 e. The SMILES string of the molecule is O=C(NCc1ccc2c(c1)OCO2)N[C@@H]1CCSc2ccccc21. The van der Waals surface area contributed by atoms with Crippen molar-refractivity contribution in [2.75, 3.05) is 12.5 Å². The predicted octanol–water partition coefficient (Wildman–Crippen LogP) is 3.45. The first-order chi connectivity index (χ1) is 11.8. The summed E-state index contributed by atoms with van der Waals surface area (Å²) in [6.07, 6.45) is 0.944. The number of urea groups is 1. The van der Waals surface area contributed by atoms with Gasteiger partial charge in [-0.15, -0.1) is 11.8 Å². The van der Waals surface area contributed by atoms with E-state index in [1.165, 1.54) is 10.5 Å². The summed E-state index contributed by atoms with van der Waals surface area (Å²) in [5, 5.41) is 5.99. The molecule has 124 valence electrons. The maximum Gasteiger partial charge on any atom is 0.315 e. The molecule has 2 N–H and O–H groups in total. The molecule has 0 bridgehead atoms. The molecule has 2 aromatic rings. The van der Waals surface area contributed by atoms with E-state index >= 15 is 0 Å². The maximum atomic E-state index is 12.2. The van der Waals surface area contributed by atoms with E-state index in [1.54, 1.807) is 0 Å². The summed E-state index contributed by atoms with van der Waals surface area (Å²) >= 11 is 1.84. The molecule has 0 saturated heterocycles. The Morgan fingerprint density at radius 3 is 3.00 bits per heavy atom. The summed E-state index contributed by atoms with van der Waals surface area (Å²) in [6.45, 7) is 0.706. The molecule has 6 heteroatoms. The average molecular weight is 342 g/mol. The van der Waals surface area contributed by atoms with Crippen molar-refractivity contribution in [2.24, 2.45) is 0 Å². The molecule has 0 aliphatic carbocycles. The number of ether oxygens (including phenoxy) is 2. The van der Waals surface area contributed by atoms with Gasteiger partial charge >= 0.3 is 6.03 Å². The molecule has 2 aliphatic heterocycles. The first kappa shape index (κ1) is 15.2. The largest absolute Gasteiger partial charge is 0.454 e. The first-order valence-corrected chi connectivity index (χ1v) is 8.93. The van der Waals surface area contributed by atoms with Crippen molar-refractivity contribution < 1.29 is 14.3 Å². The number of rotatable bonds is 3. The van der Waals surface area contributed by atoms with Gasteiger partial charge in [0.15, 0.2) is 11.5 Å². The minimum absolute atomic E-state index is 0.0687. The molecule has 0 aromatic heterocycles. The van der Waals surface area contributed by atoms with E-state index in [4.69, 9.17) is 9.47 Å². The van der Waals surface area contributed by atoms with Crippen LogP contribution in [0.5, 0.6) is 11.5 Å². The van der Waals surface area contributed by atoms with Crippen LogP contribution < -0.4 is 20.1 Å². The number of hydrogen-bond acceptors (Lipinski definition) is 4. The molecule has 2 aromatic carbocycles. The Bertz CT molecular complexity index is 766. The monoisotopic (exact) mass is 342 g/mol. The van der Waals surface area contributed by atoms with Gasteiger partial charge in [0.05, 0.1) is 6.04 Å². The van der Waals surface area contributed by atoms with Gasteiger partial charge in [0.2, 0.25) is 6.79 Å². The van der Waals surface area contributed by atoms with Crippen LogP contribution in [0.3, 0.4) is 0 Å². The van der Waals surface area contributed by atoms with Crippen LogP contribution >= 0.6 is 11.8 Å². The van der Waals surface area contributed by atoms with Gasteiger partial charge in [0.25, 0.3) is 0 Å². The van der Waals surface area contributed by atoms with Crippen LogP contribution in [0.4, 0.5) is 4.79 Å². The summed E-state index contributed by atoms with van der Waals surface area (Å²) in [6, 6.07) is 13.9. The molecule has 2 amide bonds. The van der Waals surface area contributed by atoms with Crippen LogP contribution in [0.2, 0.25) is 0 Å². The van der Waals surface area contributed by atoms with Crippen molar-refractivity contribution in [2.45, 2.75) is 23.9 Å². The number of carbonyl (C=O) groups excluding carboxylic acids is 1. The number of hydrogen-bond donors (Lipinski definition) is 2. The Labute approximate surface area is 144 Å². The molecular formula is C18H18N2O3S. The first-order valence-electron chi connectivity index (χ1n) is 7.94. The molecule has 0 saturated carbocycles. The van der Waals surface area contributed by atoms with Gasteiger partial charge in [0, 0.05) is 17.2 Å². The molecule has 5 nitrogen and oxygen atoms in total. The van der Waals surface area contributed by atoms with Gasteiger partial charge in [0.1, 0.15) is 0 Å². The van der Waals surface area contributed by atoms with Gasteiger partial charge in [-0.25, -0.2) is 4.79 Å². The zero-order valence-electron chi connectivity index (χ0n) is 13.1. The summed E-state index contributed by atoms with van der Waals surface area (Å²) in [5.41, 5.74) is 2.18. The minimum Gasteiger partial charge on any atom is -0.454 e. The van der Waals surface area contributed by atoms with Crippen LogP contribution in [-0.2, 0) is 6.54 Å². The number of thioether (sulfide) groups is 1. The average Bonchev–Trinajstić information content (AvgIpc) is 3.08. The van der Waals surface area contributed by atoms with Gasteiger partial charge < -0.3 is 20.1 Å². The summed E-state index contributed by atoms with van der Waals surface area (Å²) in [7, 11) is 0. The molecule has 2 heterocycles. The van der Waals surface area contributed by atoms with Crippen molar-refractivity contribution >= 4 is 17.8 Å². The summed E-state index contributed by atoms with van der Waals surface area (Å²) < 4.78 is 10.6. The molecule has 0 radical (unpaired) electrons. The number of fused-ring (bicyclic) bond motifs is 2. The van der Waals surface area contributed by atoms with E-state index < -0.39 is 0 Å². The number of carbonyl (C=O) groups is 1. The predicted molar refractivity (Wildman–Crippen MR) is 92.5 cm³/mol. The van der Waals surface area contributed by atoms with E-state index in [2.05, 4.69) is 22.8 Å². The van der Waals surface area contributed by atoms with Crippen molar-refractivity contribution in [1.82, 2.24) is 10.6 Å². The third kappa shape index (κ3) is 3.14. The fourth-order valence-corrected chi connectivity index (χ4v) is 4.06. The van der Waals surface area contributed by atoms with E-state index in [0.717, 1.165) is 29.2 Å². The summed E-state index contributed by atoms with van der Waals surface area (Å²) in [4.78, 5) is 13.5. The lowest BCUT2D eigenvalue weighted by atomic mass is 10.0. The van der Waals surface area contributed by atoms with Gasteiger partial charge in [-0.1, -0.05) is 24.3 Å². The zero-order chi connectivity index (χ0) is 16.4. The van der Waals surface area contributed by atoms with Crippen molar-refractivity contribution in [3.05, 3.63) is 53.6 Å². The molecule has 24 heavy (non-hydrogen) atoms. The van der Waals surface area contributed by atoms with Gasteiger partial charge in [-0.2, -0.15) is 0 Å². The fraction of sp³-hybridized carbons (Fsp3) is 0.278. The Morgan fingerprint density at radius 2 is 2.04 bits per heavy atom. The number of amides is 2. The van der Waals surface area contributed by atoms with Crippen LogP contribution in [-0.4, -0.2) is 18.6 Å². The highest BCUT2D eigenvalue weighted by Gasteiger charge is 2.21. The lowest BCUT2D eigenvalue weighted by Gasteiger charge is -2.25. The molecular weight excluding hydrogens is 324 g/mol. The van der Waals surface area contributed by atoms with Gasteiger partial charge in [-0.3, -0.25) is 0 Å². The fourth-order valence-electron chi connectivity index (χ4n) is 2.93. The topological polar surface area (TPSA) is 59.6 Å². The third-order valence-corrected chi connectivity index (χ3v) is 5.28. The van der Waals surface area contributed by atoms with E-state index in [9.17, 15) is 4.79 Å². The van der Waals surface area contributed by atoms with Crippen LogP contribution in [0.1, 0.15) is 23.6 Å². The maximum absolute atomic E-state index is 12.2. The lowest BCUT2D eigenvalue weighted by molar-refractivity contribution is 0.174. The van der Waals surface area contributed by atoms with Crippen molar-refractivity contribution in [3.63, 3.8) is 0 Å². The van der Waals surface area contributed by atoms with Crippen LogP contribution in [0.25, 0.3) is 0 Å². The summed E-state index contributed by atoms with van der Waals surface area (Å²) in [5.74, 6) is 2.50. The number of nitrogens with one attached hydrogen (secondary N) is 2. The molecule has 4 rings (SSSR count). The van der Waals surface area contributed by atoms with Crippen molar-refractivity contribution in [1.29, 1.82) is 0 Å². The normalized spacial score (nSPS) is 17.9. The van der Waals surface area contributed by atoms with E-state index in [-0.39, 0.29) is 18.9 Å². The highest BCUT2D eigenvalue weighted by Crippen LogP contribution is 2.35. The second kappa shape index (κ2) is 6.65. The Morgan fingerprint density at radius 1 is 1.17 bits per heavy atom. The van der Waals surface area contributed by atoms with E-state index in [1.807, 2.05) is 42.1 Å². The Hall–Kier alpha value is -2.34. The van der Waals surface area contributed by atoms with Crippen LogP contribution in [0.15, 0.2) is 47.4 Å². The zero-order valence-corrected chi connectivity index (χ0v) is 13.9. The lowest BCUT2D eigenvalue weighted by Crippen LogP contribution is -2.38. The van der Waals surface area contributed by atoms with Crippen molar-refractivity contribution in [3.8, 4) is 11.5 Å². The Kier molecular flexibility index (Phi) is 4.21. The quantitative estimate of drug-likeness (QED) is 0.897. The minimum atomic E-state index is -0.153. The molecule has 0 spiro atoms. The highest BCUT2D eigenvalue weighted by atomic mass is 32.2. The standard InChI is InChI=1S/C18H18N2O3S/c21-18(19-10-12-5-6-15-16(9-12)23-11-22-15)20-14-7-8-24-17-4-2-1-3-13(14)17/h1-6,9,14H,7-8,10-11H2,(H2,19,20,21)/t14-/m1/s1. The highest BCUT2D eigenvalue weighted by molar-refractivity contribution is 7.99. The molecule has 0 fully saturated rings. The van der Waals surface area contributed by atoms with E-state index in [0.29, 0.717) is 6.54 Å². The molecule has 1 atom stereocenters. The number of benzene rings is 2. The second-order valence-corrected chi connectivity index (χ2v) is 6.88.